The first-order valence-electron chi connectivity index (χ1n) is 4.92. The molecule has 0 aliphatic rings. The van der Waals surface area contributed by atoms with Gasteiger partial charge in [0, 0.05) is 16.9 Å². The summed E-state index contributed by atoms with van der Waals surface area (Å²) in [6.07, 6.45) is 3.17. The zero-order valence-electron chi connectivity index (χ0n) is 8.80. The van der Waals surface area contributed by atoms with Gasteiger partial charge in [-0.15, -0.1) is 0 Å². The van der Waals surface area contributed by atoms with E-state index in [0.717, 1.165) is 4.47 Å². The molecule has 0 bridgehead atoms. The highest BCUT2D eigenvalue weighted by molar-refractivity contribution is 9.10. The van der Waals surface area contributed by atoms with Gasteiger partial charge in [-0.25, -0.2) is 4.98 Å². The van der Waals surface area contributed by atoms with Crippen LogP contribution < -0.4 is 5.32 Å². The summed E-state index contributed by atoms with van der Waals surface area (Å²) in [4.78, 5) is 15.7. The van der Waals surface area contributed by atoms with E-state index in [1.807, 2.05) is 0 Å². The normalized spacial score (nSPS) is 9.94. The Bertz CT molecular complexity index is 501. The predicted molar refractivity (Wildman–Crippen MR) is 65.1 cm³/mol. The molecule has 86 valence electrons. The molecular formula is C11H9BrN4O. The number of hydrogen-bond acceptors (Lipinski definition) is 4. The number of pyridine rings is 1. The molecule has 1 N–H and O–H groups in total. The van der Waals surface area contributed by atoms with E-state index in [0.29, 0.717) is 17.9 Å². The average molecular weight is 293 g/mol. The van der Waals surface area contributed by atoms with Gasteiger partial charge in [0.1, 0.15) is 5.69 Å². The Morgan fingerprint density at radius 3 is 2.88 bits per heavy atom. The van der Waals surface area contributed by atoms with Crippen LogP contribution in [0.5, 0.6) is 0 Å². The first-order valence-corrected chi connectivity index (χ1v) is 5.71. The lowest BCUT2D eigenvalue weighted by atomic mass is 10.3. The van der Waals surface area contributed by atoms with Gasteiger partial charge >= 0.3 is 0 Å². The second-order valence-electron chi connectivity index (χ2n) is 3.26. The number of halogens is 1. The molecule has 2 aromatic rings. The van der Waals surface area contributed by atoms with Crippen molar-refractivity contribution in [3.05, 3.63) is 52.5 Å². The standard InChI is InChI=1S/C11H9BrN4O/c12-8-3-4-10(13-6-8)11(17)14-7-9-2-1-5-15-16-9/h1-6H,7H2,(H,14,17). The van der Waals surface area contributed by atoms with Gasteiger partial charge in [0.2, 0.25) is 0 Å². The summed E-state index contributed by atoms with van der Waals surface area (Å²) in [6, 6.07) is 6.98. The number of aromatic nitrogens is 3. The Morgan fingerprint density at radius 1 is 1.35 bits per heavy atom. The predicted octanol–water partition coefficient (Wildman–Crippen LogP) is 1.56. The molecule has 0 saturated carbocycles. The molecule has 0 aliphatic carbocycles. The van der Waals surface area contributed by atoms with Gasteiger partial charge < -0.3 is 5.32 Å². The van der Waals surface area contributed by atoms with Crippen LogP contribution in [0.4, 0.5) is 0 Å². The largest absolute Gasteiger partial charge is 0.345 e. The summed E-state index contributed by atoms with van der Waals surface area (Å²) in [7, 11) is 0. The quantitative estimate of drug-likeness (QED) is 0.932. The third kappa shape index (κ3) is 3.32. The summed E-state index contributed by atoms with van der Waals surface area (Å²) >= 11 is 3.26. The molecule has 0 radical (unpaired) electrons. The van der Waals surface area contributed by atoms with Crippen LogP contribution in [-0.2, 0) is 6.54 Å². The zero-order chi connectivity index (χ0) is 12.1. The molecule has 2 heterocycles. The van der Waals surface area contributed by atoms with Crippen molar-refractivity contribution in [3.63, 3.8) is 0 Å². The van der Waals surface area contributed by atoms with Crippen LogP contribution in [0, 0.1) is 0 Å². The highest BCUT2D eigenvalue weighted by Crippen LogP contribution is 2.07. The van der Waals surface area contributed by atoms with Crippen molar-refractivity contribution in [2.75, 3.05) is 0 Å². The van der Waals surface area contributed by atoms with Crippen LogP contribution in [-0.4, -0.2) is 21.1 Å². The molecular weight excluding hydrogens is 284 g/mol. The summed E-state index contributed by atoms with van der Waals surface area (Å²) in [5, 5.41) is 10.3. The Hall–Kier alpha value is -1.82. The molecule has 6 heteroatoms. The van der Waals surface area contributed by atoms with Crippen molar-refractivity contribution >= 4 is 21.8 Å². The van der Waals surface area contributed by atoms with Crippen molar-refractivity contribution in [1.29, 1.82) is 0 Å². The van der Waals surface area contributed by atoms with E-state index in [1.165, 1.54) is 0 Å². The molecule has 0 spiro atoms. The topological polar surface area (TPSA) is 67.8 Å². The van der Waals surface area contributed by atoms with Crippen LogP contribution in [0.2, 0.25) is 0 Å². The second kappa shape index (κ2) is 5.49. The third-order valence-electron chi connectivity index (χ3n) is 2.02. The average Bonchev–Trinajstić information content (AvgIpc) is 2.38. The molecule has 5 nitrogen and oxygen atoms in total. The van der Waals surface area contributed by atoms with Crippen molar-refractivity contribution in [2.24, 2.45) is 0 Å². The third-order valence-corrected chi connectivity index (χ3v) is 2.49. The van der Waals surface area contributed by atoms with Crippen LogP contribution in [0.3, 0.4) is 0 Å². The minimum absolute atomic E-state index is 0.233. The fourth-order valence-electron chi connectivity index (χ4n) is 1.20. The van der Waals surface area contributed by atoms with Gasteiger partial charge in [0.25, 0.3) is 5.91 Å². The summed E-state index contributed by atoms with van der Waals surface area (Å²) in [5.74, 6) is -0.233. The van der Waals surface area contributed by atoms with Crippen LogP contribution >= 0.6 is 15.9 Å². The van der Waals surface area contributed by atoms with Gasteiger partial charge in [-0.1, -0.05) is 0 Å². The van der Waals surface area contributed by atoms with Crippen LogP contribution in [0.15, 0.2) is 41.1 Å². The Labute approximate surface area is 106 Å². The number of amides is 1. The summed E-state index contributed by atoms with van der Waals surface area (Å²) in [5.41, 5.74) is 1.08. The van der Waals surface area contributed by atoms with Gasteiger partial charge in [-0.3, -0.25) is 4.79 Å². The first kappa shape index (κ1) is 11.7. The van der Waals surface area contributed by atoms with Crippen molar-refractivity contribution in [1.82, 2.24) is 20.5 Å². The SMILES string of the molecule is O=C(NCc1cccnn1)c1ccc(Br)cn1. The second-order valence-corrected chi connectivity index (χ2v) is 4.18. The smallest absolute Gasteiger partial charge is 0.270 e. The van der Waals surface area contributed by atoms with Crippen molar-refractivity contribution < 1.29 is 4.79 Å². The fraction of sp³-hybridized carbons (Fsp3) is 0.0909. The molecule has 0 unspecified atom stereocenters. The zero-order valence-corrected chi connectivity index (χ0v) is 10.4. The van der Waals surface area contributed by atoms with Gasteiger partial charge in [-0.2, -0.15) is 10.2 Å². The van der Waals surface area contributed by atoms with Gasteiger partial charge in [0.05, 0.1) is 12.2 Å². The fourth-order valence-corrected chi connectivity index (χ4v) is 1.43. The summed E-state index contributed by atoms with van der Waals surface area (Å²) < 4.78 is 0.836. The van der Waals surface area contributed by atoms with E-state index in [-0.39, 0.29) is 5.91 Å². The summed E-state index contributed by atoms with van der Waals surface area (Å²) in [6.45, 7) is 0.338. The number of hydrogen-bond donors (Lipinski definition) is 1. The maximum atomic E-state index is 11.7. The van der Waals surface area contributed by atoms with Crippen molar-refractivity contribution in [2.45, 2.75) is 6.54 Å². The Kier molecular flexibility index (Phi) is 3.77. The highest BCUT2D eigenvalue weighted by atomic mass is 79.9. The van der Waals surface area contributed by atoms with E-state index in [9.17, 15) is 4.79 Å². The lowest BCUT2D eigenvalue weighted by molar-refractivity contribution is 0.0945. The molecule has 2 aromatic heterocycles. The Balaban J connectivity index is 1.96. The van der Waals surface area contributed by atoms with Gasteiger partial charge in [-0.05, 0) is 40.2 Å². The Morgan fingerprint density at radius 2 is 2.24 bits per heavy atom. The number of carbonyl (C=O) groups is 1. The number of rotatable bonds is 3. The number of carbonyl (C=O) groups excluding carboxylic acids is 1. The van der Waals surface area contributed by atoms with Gasteiger partial charge in [0.15, 0.2) is 0 Å². The lowest BCUT2D eigenvalue weighted by Crippen LogP contribution is -2.24. The maximum Gasteiger partial charge on any atom is 0.270 e. The minimum Gasteiger partial charge on any atom is -0.345 e. The lowest BCUT2D eigenvalue weighted by Gasteiger charge is -2.03. The van der Waals surface area contributed by atoms with E-state index >= 15 is 0 Å². The van der Waals surface area contributed by atoms with Crippen molar-refractivity contribution in [3.8, 4) is 0 Å². The first-order chi connectivity index (χ1) is 8.25. The molecule has 0 aliphatic heterocycles. The molecule has 2 rings (SSSR count). The van der Waals surface area contributed by atoms with E-state index < -0.39 is 0 Å². The van der Waals surface area contributed by atoms with E-state index in [4.69, 9.17) is 0 Å². The minimum atomic E-state index is -0.233. The molecule has 0 aromatic carbocycles. The molecule has 1 amide bonds. The molecule has 17 heavy (non-hydrogen) atoms. The van der Waals surface area contributed by atoms with E-state index in [1.54, 1.807) is 36.7 Å². The van der Waals surface area contributed by atoms with E-state index in [2.05, 4.69) is 36.4 Å². The molecule has 0 saturated heterocycles. The molecule has 0 fully saturated rings. The van der Waals surface area contributed by atoms with Crippen LogP contribution in [0.25, 0.3) is 0 Å². The molecule has 0 atom stereocenters. The monoisotopic (exact) mass is 292 g/mol. The maximum absolute atomic E-state index is 11.7. The van der Waals surface area contributed by atoms with Crippen LogP contribution in [0.1, 0.15) is 16.2 Å². The number of nitrogens with zero attached hydrogens (tertiary/aromatic N) is 3. The highest BCUT2D eigenvalue weighted by Gasteiger charge is 2.06. The number of nitrogens with one attached hydrogen (secondary N) is 1.